The summed E-state index contributed by atoms with van der Waals surface area (Å²) in [5, 5.41) is 24.6. The van der Waals surface area contributed by atoms with E-state index in [2.05, 4.69) is 5.32 Å². The van der Waals surface area contributed by atoms with Crippen LogP contribution < -0.4 is 26.1 Å². The molecule has 0 unspecified atom stereocenters. The van der Waals surface area contributed by atoms with E-state index in [1.807, 2.05) is 24.3 Å². The van der Waals surface area contributed by atoms with Gasteiger partial charge in [-0.05, 0) is 56.7 Å². The maximum atomic E-state index is 13.2. The third-order valence-electron chi connectivity index (χ3n) is 7.80. The number of rotatable bonds is 8. The molecular formula is C33H34N2O11. The molecule has 46 heavy (non-hydrogen) atoms. The summed E-state index contributed by atoms with van der Waals surface area (Å²) in [5.41, 5.74) is 4.63. The van der Waals surface area contributed by atoms with Crippen LogP contribution in [0.3, 0.4) is 0 Å². The van der Waals surface area contributed by atoms with E-state index in [0.29, 0.717) is 11.3 Å². The number of carbonyl (C=O) groups excluding carboxylic acids is 2. The van der Waals surface area contributed by atoms with Crippen molar-refractivity contribution in [3.05, 3.63) is 82.2 Å². The summed E-state index contributed by atoms with van der Waals surface area (Å²) in [6.45, 7) is 4.89. The molecule has 2 amide bonds. The van der Waals surface area contributed by atoms with Gasteiger partial charge in [0.15, 0.2) is 23.6 Å². The van der Waals surface area contributed by atoms with Crippen molar-refractivity contribution >= 4 is 28.7 Å². The summed E-state index contributed by atoms with van der Waals surface area (Å²) < 4.78 is 33.4. The quantitative estimate of drug-likeness (QED) is 0.204. The molecule has 1 saturated heterocycles. The van der Waals surface area contributed by atoms with Gasteiger partial charge in [-0.2, -0.15) is 0 Å². The van der Waals surface area contributed by atoms with Crippen LogP contribution >= 0.6 is 0 Å². The van der Waals surface area contributed by atoms with Gasteiger partial charge >= 0.3 is 11.7 Å². The molecule has 5 rings (SSSR count). The Morgan fingerprint density at radius 1 is 1.02 bits per heavy atom. The average Bonchev–Trinajstić information content (AvgIpc) is 3.02. The lowest BCUT2D eigenvalue weighted by Gasteiger charge is -2.47. The molecule has 0 saturated carbocycles. The van der Waals surface area contributed by atoms with E-state index >= 15 is 0 Å². The summed E-state index contributed by atoms with van der Waals surface area (Å²) in [6, 6.07) is 16.9. The molecule has 0 spiro atoms. The predicted octanol–water partition coefficient (Wildman–Crippen LogP) is 4.09. The highest BCUT2D eigenvalue weighted by atomic mass is 16.7. The number of benzene rings is 3. The van der Waals surface area contributed by atoms with E-state index in [1.54, 1.807) is 52.1 Å². The first-order chi connectivity index (χ1) is 21.9. The molecule has 13 nitrogen and oxygen atoms in total. The van der Waals surface area contributed by atoms with Crippen LogP contribution in [0.4, 0.5) is 10.5 Å². The highest BCUT2D eigenvalue weighted by molar-refractivity contribution is 6.07. The number of amides is 2. The second kappa shape index (κ2) is 12.7. The van der Waals surface area contributed by atoms with Crippen LogP contribution in [0.5, 0.6) is 17.2 Å². The predicted molar refractivity (Wildman–Crippen MR) is 166 cm³/mol. The Labute approximate surface area is 263 Å². The Morgan fingerprint density at radius 3 is 2.46 bits per heavy atom. The first-order valence-corrected chi connectivity index (χ1v) is 14.2. The minimum Gasteiger partial charge on any atom is -0.505 e. The first-order valence-electron chi connectivity index (χ1n) is 14.2. The number of nitrogens with one attached hydrogen (secondary N) is 1. The zero-order chi connectivity index (χ0) is 33.3. The number of aliphatic hydroxyl groups excluding tert-OH is 1. The van der Waals surface area contributed by atoms with E-state index in [4.69, 9.17) is 33.8 Å². The molecule has 1 aliphatic rings. The van der Waals surface area contributed by atoms with Crippen LogP contribution in [0.2, 0.25) is 0 Å². The summed E-state index contributed by atoms with van der Waals surface area (Å²) in [6.07, 6.45) is -6.08. The third kappa shape index (κ3) is 6.07. The fraction of sp³-hybridized carbons (Fsp3) is 0.303. The number of anilines is 1. The lowest BCUT2D eigenvalue weighted by atomic mass is 9.89. The normalized spacial score (nSPS) is 20.6. The van der Waals surface area contributed by atoms with E-state index in [0.717, 1.165) is 5.56 Å². The fourth-order valence-corrected chi connectivity index (χ4v) is 5.57. The van der Waals surface area contributed by atoms with Crippen molar-refractivity contribution in [1.29, 1.82) is 0 Å². The van der Waals surface area contributed by atoms with Crippen molar-refractivity contribution in [2.24, 2.45) is 5.73 Å². The number of para-hydroxylation sites is 1. The Morgan fingerprint density at radius 2 is 1.76 bits per heavy atom. The maximum absolute atomic E-state index is 13.2. The second-order valence-corrected chi connectivity index (χ2v) is 11.2. The highest BCUT2D eigenvalue weighted by Crippen LogP contribution is 2.39. The minimum absolute atomic E-state index is 0.0274. The monoisotopic (exact) mass is 634 g/mol. The van der Waals surface area contributed by atoms with Crippen LogP contribution in [0, 0.1) is 6.92 Å². The number of nitrogens with two attached hydrogens (primary N) is 1. The van der Waals surface area contributed by atoms with E-state index in [1.165, 1.54) is 19.2 Å². The van der Waals surface area contributed by atoms with Gasteiger partial charge in [-0.1, -0.05) is 30.3 Å². The van der Waals surface area contributed by atoms with E-state index in [9.17, 15) is 24.6 Å². The molecule has 2 heterocycles. The summed E-state index contributed by atoms with van der Waals surface area (Å²) in [4.78, 5) is 37.8. The van der Waals surface area contributed by atoms with Gasteiger partial charge in [-0.25, -0.2) is 9.59 Å². The van der Waals surface area contributed by atoms with Crippen LogP contribution in [0.15, 0.2) is 69.9 Å². The molecule has 3 aromatic carbocycles. The molecule has 4 atom stereocenters. The highest BCUT2D eigenvalue weighted by Gasteiger charge is 2.53. The molecule has 242 valence electrons. The molecule has 5 N–H and O–H groups in total. The van der Waals surface area contributed by atoms with Crippen LogP contribution in [0.1, 0.15) is 29.8 Å². The molecule has 1 fully saturated rings. The number of fused-ring (bicyclic) bond motifs is 1. The first kappa shape index (κ1) is 32.3. The van der Waals surface area contributed by atoms with Gasteiger partial charge in [-0.3, -0.25) is 4.79 Å². The molecule has 0 aliphatic carbocycles. The molecule has 1 aliphatic heterocycles. The van der Waals surface area contributed by atoms with Crippen molar-refractivity contribution in [2.45, 2.75) is 51.0 Å². The third-order valence-corrected chi connectivity index (χ3v) is 7.80. The van der Waals surface area contributed by atoms with Gasteiger partial charge in [0.25, 0.3) is 5.91 Å². The molecule has 4 aromatic rings. The SMILES string of the molecule is COc1ccccc1-c1cccc(C(=O)Nc2c(O)c3ccc(O[C@@H]4OC(C)(C)[C@H](OC)[C@@H](OC(N)=O)[C@H]4O)c(C)c3oc2=O)c1. The lowest BCUT2D eigenvalue weighted by molar-refractivity contribution is -0.304. The number of hydrogen-bond acceptors (Lipinski definition) is 11. The minimum atomic E-state index is -1.51. The maximum Gasteiger partial charge on any atom is 0.404 e. The van der Waals surface area contributed by atoms with Crippen molar-refractivity contribution < 1.29 is 47.9 Å². The summed E-state index contributed by atoms with van der Waals surface area (Å²) in [5.74, 6) is -0.405. The average molecular weight is 635 g/mol. The Balaban J connectivity index is 1.42. The van der Waals surface area contributed by atoms with Gasteiger partial charge in [0, 0.05) is 23.8 Å². The van der Waals surface area contributed by atoms with Gasteiger partial charge < -0.3 is 49.4 Å². The zero-order valence-corrected chi connectivity index (χ0v) is 25.7. The lowest BCUT2D eigenvalue weighted by Crippen LogP contribution is -2.65. The van der Waals surface area contributed by atoms with Gasteiger partial charge in [0.1, 0.15) is 23.2 Å². The molecule has 13 heteroatoms. The van der Waals surface area contributed by atoms with E-state index in [-0.39, 0.29) is 27.8 Å². The fourth-order valence-electron chi connectivity index (χ4n) is 5.57. The largest absolute Gasteiger partial charge is 0.505 e. The number of hydrogen-bond donors (Lipinski definition) is 4. The number of primary amides is 1. The number of carbonyl (C=O) groups is 2. The molecule has 0 bridgehead atoms. The van der Waals surface area contributed by atoms with Gasteiger partial charge in [-0.15, -0.1) is 0 Å². The Kier molecular flexibility index (Phi) is 8.92. The van der Waals surface area contributed by atoms with Crippen molar-refractivity contribution in [3.8, 4) is 28.4 Å². The summed E-state index contributed by atoms with van der Waals surface area (Å²) >= 11 is 0. The smallest absolute Gasteiger partial charge is 0.404 e. The number of ether oxygens (including phenoxy) is 5. The van der Waals surface area contributed by atoms with Crippen molar-refractivity contribution in [3.63, 3.8) is 0 Å². The second-order valence-electron chi connectivity index (χ2n) is 11.2. The zero-order valence-electron chi connectivity index (χ0n) is 25.7. The van der Waals surface area contributed by atoms with Gasteiger partial charge in [0.2, 0.25) is 6.29 Å². The number of methoxy groups -OCH3 is 2. The van der Waals surface area contributed by atoms with Crippen LogP contribution in [0.25, 0.3) is 22.1 Å². The molecule has 1 aromatic heterocycles. The number of aliphatic hydroxyl groups is 1. The van der Waals surface area contributed by atoms with Crippen molar-refractivity contribution in [2.75, 3.05) is 19.5 Å². The molecule has 0 radical (unpaired) electrons. The Hall–Kier alpha value is -5.11. The molecular weight excluding hydrogens is 600 g/mol. The Bertz CT molecular complexity index is 1850. The topological polar surface area (TPSA) is 189 Å². The standard InChI is InChI=1S/C33H34N2O11/c1-16-21(43-31-25(37)27(45-32(34)40)28(42-5)33(2,3)46-31)14-13-20-24(36)23(30(39)44-26(16)20)35-29(38)18-10-8-9-17(15-18)19-11-6-7-12-22(19)41-4/h6-15,25,27-28,31,36-37H,1-5H3,(H2,34,40)(H,35,38)/t25-,27+,28-,31-/m1/s1. The van der Waals surface area contributed by atoms with Crippen LogP contribution in [-0.4, -0.2) is 66.6 Å². The number of aryl methyl sites for hydroxylation is 1. The van der Waals surface area contributed by atoms with Crippen LogP contribution in [-0.2, 0) is 14.2 Å². The van der Waals surface area contributed by atoms with E-state index < -0.39 is 59.3 Å². The number of aromatic hydroxyl groups is 1. The summed E-state index contributed by atoms with van der Waals surface area (Å²) in [7, 11) is 2.93. The van der Waals surface area contributed by atoms with Gasteiger partial charge in [0.05, 0.1) is 18.1 Å². The van der Waals surface area contributed by atoms with Crippen molar-refractivity contribution in [1.82, 2.24) is 0 Å².